The Labute approximate surface area is 167 Å². The number of hydrogen-bond acceptors (Lipinski definition) is 4. The Kier molecular flexibility index (Phi) is 7.45. The van der Waals surface area contributed by atoms with E-state index in [4.69, 9.17) is 4.18 Å². The van der Waals surface area contributed by atoms with E-state index in [-0.39, 0.29) is 17.7 Å². The molecule has 0 saturated carbocycles. The molecule has 0 aliphatic heterocycles. The normalized spacial score (nSPS) is 11.3. The average molecular weight is 405 g/mol. The lowest BCUT2D eigenvalue weighted by Crippen LogP contribution is -2.37. The van der Waals surface area contributed by atoms with Crippen molar-refractivity contribution in [3.05, 3.63) is 59.7 Å². The van der Waals surface area contributed by atoms with Crippen LogP contribution < -0.4 is 9.50 Å². The lowest BCUT2D eigenvalue weighted by Gasteiger charge is -2.26. The molecule has 0 aliphatic rings. The standard InChI is InChI=1S/C21H28N2O4S/c1-5-18-10-6-7-12-20(18)22-21(24)23(14-16(2)3)15-17-9-8-11-19(13-17)27-28(4,25)26/h6-13,16H,5,14-15H2,1-4H3,(H,22,24). The van der Waals surface area contributed by atoms with Crippen molar-refractivity contribution in [1.82, 2.24) is 4.90 Å². The first-order valence-corrected chi connectivity index (χ1v) is 11.1. The molecule has 0 bridgehead atoms. The summed E-state index contributed by atoms with van der Waals surface area (Å²) < 4.78 is 27.7. The minimum Gasteiger partial charge on any atom is -0.383 e. The summed E-state index contributed by atoms with van der Waals surface area (Å²) in [5.74, 6) is 0.517. The molecule has 7 heteroatoms. The Morgan fingerprint density at radius 3 is 2.50 bits per heavy atom. The predicted octanol–water partition coefficient (Wildman–Crippen LogP) is 4.28. The summed E-state index contributed by atoms with van der Waals surface area (Å²) in [6.07, 6.45) is 1.83. The maximum absolute atomic E-state index is 12.9. The van der Waals surface area contributed by atoms with Gasteiger partial charge in [0, 0.05) is 18.8 Å². The highest BCUT2D eigenvalue weighted by molar-refractivity contribution is 7.86. The lowest BCUT2D eigenvalue weighted by atomic mass is 10.1. The maximum Gasteiger partial charge on any atom is 0.322 e. The second-order valence-electron chi connectivity index (χ2n) is 7.15. The van der Waals surface area contributed by atoms with Crippen molar-refractivity contribution in [2.45, 2.75) is 33.7 Å². The summed E-state index contributed by atoms with van der Waals surface area (Å²) in [4.78, 5) is 14.6. The van der Waals surface area contributed by atoms with Crippen LogP contribution in [0, 0.1) is 5.92 Å². The van der Waals surface area contributed by atoms with E-state index in [9.17, 15) is 13.2 Å². The van der Waals surface area contributed by atoms with Gasteiger partial charge in [-0.3, -0.25) is 0 Å². The highest BCUT2D eigenvalue weighted by Gasteiger charge is 2.17. The van der Waals surface area contributed by atoms with Crippen LogP contribution in [0.5, 0.6) is 5.75 Å². The van der Waals surface area contributed by atoms with Gasteiger partial charge in [-0.2, -0.15) is 8.42 Å². The average Bonchev–Trinajstić information content (AvgIpc) is 2.60. The largest absolute Gasteiger partial charge is 0.383 e. The summed E-state index contributed by atoms with van der Waals surface area (Å²) in [6.45, 7) is 7.05. The van der Waals surface area contributed by atoms with Crippen LogP contribution in [0.1, 0.15) is 31.9 Å². The molecule has 0 aromatic heterocycles. The van der Waals surface area contributed by atoms with Crippen molar-refractivity contribution < 1.29 is 17.4 Å². The van der Waals surface area contributed by atoms with E-state index >= 15 is 0 Å². The highest BCUT2D eigenvalue weighted by atomic mass is 32.2. The highest BCUT2D eigenvalue weighted by Crippen LogP contribution is 2.19. The molecule has 0 aliphatic carbocycles. The molecule has 0 fully saturated rings. The molecule has 2 rings (SSSR count). The second-order valence-corrected chi connectivity index (χ2v) is 8.72. The SMILES string of the molecule is CCc1ccccc1NC(=O)N(Cc1cccc(OS(C)(=O)=O)c1)CC(C)C. The number of rotatable bonds is 8. The zero-order valence-corrected chi connectivity index (χ0v) is 17.6. The first-order valence-electron chi connectivity index (χ1n) is 9.30. The van der Waals surface area contributed by atoms with Crippen LogP contribution in [0.3, 0.4) is 0 Å². The number of aryl methyl sites for hydroxylation is 1. The Balaban J connectivity index is 2.19. The van der Waals surface area contributed by atoms with Gasteiger partial charge in [-0.25, -0.2) is 4.79 Å². The number of carbonyl (C=O) groups is 1. The van der Waals surface area contributed by atoms with Gasteiger partial charge in [0.25, 0.3) is 0 Å². The third kappa shape index (κ3) is 6.88. The molecule has 28 heavy (non-hydrogen) atoms. The van der Waals surface area contributed by atoms with Gasteiger partial charge in [-0.05, 0) is 41.7 Å². The molecule has 1 N–H and O–H groups in total. The van der Waals surface area contributed by atoms with Crippen molar-refractivity contribution in [2.75, 3.05) is 18.1 Å². The number of benzene rings is 2. The van der Waals surface area contributed by atoms with E-state index in [0.29, 0.717) is 13.1 Å². The van der Waals surface area contributed by atoms with E-state index < -0.39 is 10.1 Å². The van der Waals surface area contributed by atoms with E-state index in [0.717, 1.165) is 29.5 Å². The molecule has 0 radical (unpaired) electrons. The lowest BCUT2D eigenvalue weighted by molar-refractivity contribution is 0.201. The molecule has 6 nitrogen and oxygen atoms in total. The molecule has 2 aromatic carbocycles. The zero-order chi connectivity index (χ0) is 20.7. The number of para-hydroxylation sites is 1. The quantitative estimate of drug-likeness (QED) is 0.667. The van der Waals surface area contributed by atoms with Crippen molar-refractivity contribution in [3.63, 3.8) is 0 Å². The molecular formula is C21H28N2O4S. The van der Waals surface area contributed by atoms with Crippen LogP contribution in [-0.2, 0) is 23.1 Å². The van der Waals surface area contributed by atoms with Crippen LogP contribution in [0.25, 0.3) is 0 Å². The van der Waals surface area contributed by atoms with Crippen LogP contribution in [-0.4, -0.2) is 32.1 Å². The minimum atomic E-state index is -3.60. The zero-order valence-electron chi connectivity index (χ0n) is 16.8. The number of hydrogen-bond donors (Lipinski definition) is 1. The molecule has 0 atom stereocenters. The minimum absolute atomic E-state index is 0.191. The molecule has 2 aromatic rings. The number of anilines is 1. The van der Waals surface area contributed by atoms with Gasteiger partial charge in [0.1, 0.15) is 5.75 Å². The number of carbonyl (C=O) groups excluding carboxylic acids is 1. The number of urea groups is 1. The summed E-state index contributed by atoms with van der Waals surface area (Å²) in [5.41, 5.74) is 2.67. The van der Waals surface area contributed by atoms with Crippen molar-refractivity contribution in [3.8, 4) is 5.75 Å². The fourth-order valence-electron chi connectivity index (χ4n) is 2.90. The van der Waals surface area contributed by atoms with Crippen LogP contribution in [0.2, 0.25) is 0 Å². The summed E-state index contributed by atoms with van der Waals surface area (Å²) >= 11 is 0. The number of amides is 2. The Morgan fingerprint density at radius 2 is 1.86 bits per heavy atom. The molecular weight excluding hydrogens is 376 g/mol. The van der Waals surface area contributed by atoms with Crippen LogP contribution in [0.15, 0.2) is 48.5 Å². The Hall–Kier alpha value is -2.54. The predicted molar refractivity (Wildman–Crippen MR) is 112 cm³/mol. The molecule has 0 spiro atoms. The van der Waals surface area contributed by atoms with Gasteiger partial charge < -0.3 is 14.4 Å². The van der Waals surface area contributed by atoms with Gasteiger partial charge in [-0.1, -0.05) is 51.1 Å². The number of nitrogens with zero attached hydrogens (tertiary/aromatic N) is 1. The van der Waals surface area contributed by atoms with E-state index in [2.05, 4.69) is 5.32 Å². The van der Waals surface area contributed by atoms with Crippen LogP contribution >= 0.6 is 0 Å². The van der Waals surface area contributed by atoms with Gasteiger partial charge in [-0.15, -0.1) is 0 Å². The van der Waals surface area contributed by atoms with Gasteiger partial charge in [0.05, 0.1) is 6.26 Å². The molecule has 0 heterocycles. The van der Waals surface area contributed by atoms with E-state index in [1.54, 1.807) is 23.1 Å². The van der Waals surface area contributed by atoms with Crippen molar-refractivity contribution in [1.29, 1.82) is 0 Å². The molecule has 0 unspecified atom stereocenters. The monoisotopic (exact) mass is 404 g/mol. The number of nitrogens with one attached hydrogen (secondary N) is 1. The topological polar surface area (TPSA) is 75.7 Å². The summed E-state index contributed by atoms with van der Waals surface area (Å²) in [6, 6.07) is 14.3. The summed E-state index contributed by atoms with van der Waals surface area (Å²) in [7, 11) is -3.60. The Morgan fingerprint density at radius 1 is 1.14 bits per heavy atom. The van der Waals surface area contributed by atoms with E-state index in [1.165, 1.54) is 0 Å². The maximum atomic E-state index is 12.9. The fraction of sp³-hybridized carbons (Fsp3) is 0.381. The third-order valence-corrected chi connectivity index (χ3v) is 4.53. The van der Waals surface area contributed by atoms with E-state index in [1.807, 2.05) is 51.1 Å². The second kappa shape index (κ2) is 9.59. The van der Waals surface area contributed by atoms with Crippen LogP contribution in [0.4, 0.5) is 10.5 Å². The van der Waals surface area contributed by atoms with Crippen molar-refractivity contribution >= 4 is 21.8 Å². The molecule has 152 valence electrons. The molecule has 0 saturated heterocycles. The van der Waals surface area contributed by atoms with Gasteiger partial charge in [0.2, 0.25) is 0 Å². The Bertz CT molecular complexity index is 910. The first-order chi connectivity index (χ1) is 13.2. The summed E-state index contributed by atoms with van der Waals surface area (Å²) in [5, 5.41) is 3.00. The fourth-order valence-corrected chi connectivity index (χ4v) is 3.35. The van der Waals surface area contributed by atoms with Gasteiger partial charge in [0.15, 0.2) is 0 Å². The first kappa shape index (κ1) is 21.8. The van der Waals surface area contributed by atoms with Crippen molar-refractivity contribution in [2.24, 2.45) is 5.92 Å². The smallest absolute Gasteiger partial charge is 0.322 e. The molecule has 2 amide bonds. The third-order valence-electron chi connectivity index (χ3n) is 4.03. The van der Waals surface area contributed by atoms with Gasteiger partial charge >= 0.3 is 16.1 Å².